The monoisotopic (exact) mass is 347 g/mol. The highest BCUT2D eigenvalue weighted by Gasteiger charge is 2.23. The molecule has 0 aliphatic rings. The first-order valence-electron chi connectivity index (χ1n) is 6.00. The fraction of sp³-hybridized carbons (Fsp3) is 0.167. The van der Waals surface area contributed by atoms with Crippen LogP contribution in [0.4, 0.5) is 5.69 Å². The molecule has 120 valence electrons. The molecule has 2 aromatic rings. The van der Waals surface area contributed by atoms with Gasteiger partial charge in [0.2, 0.25) is 0 Å². The summed E-state index contributed by atoms with van der Waals surface area (Å²) in [7, 11) is -9.20. The number of hydrogen-bond donors (Lipinski definition) is 4. The van der Waals surface area contributed by atoms with Gasteiger partial charge in [0.05, 0.1) is 4.90 Å². The smallest absolute Gasteiger partial charge is 0.294 e. The first kappa shape index (κ1) is 16.5. The zero-order chi connectivity index (χ0) is 16.9. The second-order valence-corrected chi connectivity index (χ2v) is 7.43. The second-order valence-electron chi connectivity index (χ2n) is 4.62. The van der Waals surface area contributed by atoms with Crippen molar-refractivity contribution in [2.45, 2.75) is 23.1 Å². The molecule has 2 rings (SSSR count). The summed E-state index contributed by atoms with van der Waals surface area (Å²) in [6.07, 6.45) is 0.0936. The molecule has 0 fully saturated rings. The third-order valence-corrected chi connectivity index (χ3v) is 4.96. The predicted molar refractivity (Wildman–Crippen MR) is 79.0 cm³/mol. The Morgan fingerprint density at radius 2 is 1.64 bits per heavy atom. The maximum absolute atomic E-state index is 11.4. The minimum Gasteiger partial charge on any atom is -0.507 e. The number of aromatic hydroxyl groups is 1. The van der Waals surface area contributed by atoms with Crippen LogP contribution in [0, 0.1) is 0 Å². The van der Waals surface area contributed by atoms with Crippen LogP contribution in [0.1, 0.15) is 12.5 Å². The topological polar surface area (TPSA) is 155 Å². The summed E-state index contributed by atoms with van der Waals surface area (Å²) < 4.78 is 63.5. The number of nitrogens with two attached hydrogens (primary N) is 1. The summed E-state index contributed by atoms with van der Waals surface area (Å²) in [5.74, 6) is -0.466. The lowest BCUT2D eigenvalue weighted by molar-refractivity contribution is 0.464. The maximum Gasteiger partial charge on any atom is 0.294 e. The van der Waals surface area contributed by atoms with Gasteiger partial charge in [0.1, 0.15) is 10.6 Å². The molecule has 10 heteroatoms. The molecular weight excluding hydrogens is 334 g/mol. The van der Waals surface area contributed by atoms with E-state index in [1.807, 2.05) is 0 Å². The van der Waals surface area contributed by atoms with Gasteiger partial charge in [-0.05, 0) is 30.0 Å². The Morgan fingerprint density at radius 1 is 1.05 bits per heavy atom. The van der Waals surface area contributed by atoms with Gasteiger partial charge in [-0.2, -0.15) is 16.8 Å². The van der Waals surface area contributed by atoms with E-state index in [0.717, 1.165) is 18.2 Å². The Kier molecular flexibility index (Phi) is 3.81. The Bertz CT molecular complexity index is 978. The molecule has 2 aromatic carbocycles. The molecule has 0 amide bonds. The summed E-state index contributed by atoms with van der Waals surface area (Å²) in [5.41, 5.74) is 5.50. The van der Waals surface area contributed by atoms with Crippen LogP contribution in [-0.4, -0.2) is 31.0 Å². The molecule has 0 saturated heterocycles. The van der Waals surface area contributed by atoms with Crippen molar-refractivity contribution in [3.63, 3.8) is 0 Å². The van der Waals surface area contributed by atoms with Crippen molar-refractivity contribution in [2.24, 2.45) is 0 Å². The minimum atomic E-state index is -4.63. The fourth-order valence-corrected chi connectivity index (χ4v) is 3.64. The van der Waals surface area contributed by atoms with E-state index in [1.54, 1.807) is 6.92 Å². The molecule has 8 nitrogen and oxygen atoms in total. The largest absolute Gasteiger partial charge is 0.507 e. The lowest BCUT2D eigenvalue weighted by atomic mass is 10.0. The minimum absolute atomic E-state index is 0.0386. The number of anilines is 1. The highest BCUT2D eigenvalue weighted by Crippen LogP contribution is 2.39. The summed E-state index contributed by atoms with van der Waals surface area (Å²) in [6, 6.07) is 2.90. The molecular formula is C12H13NO7S2. The SMILES string of the molecule is CCc1c(S(=O)(=O)O)cc2cc(S(=O)(=O)O)cc(N)c2c1O. The summed E-state index contributed by atoms with van der Waals surface area (Å²) >= 11 is 0. The Morgan fingerprint density at radius 3 is 2.09 bits per heavy atom. The Labute approximate surface area is 126 Å². The second kappa shape index (κ2) is 5.09. The van der Waals surface area contributed by atoms with Crippen molar-refractivity contribution in [2.75, 3.05) is 5.73 Å². The van der Waals surface area contributed by atoms with Gasteiger partial charge in [-0.3, -0.25) is 9.11 Å². The molecule has 0 bridgehead atoms. The van der Waals surface area contributed by atoms with Gasteiger partial charge in [-0.1, -0.05) is 6.92 Å². The van der Waals surface area contributed by atoms with Crippen molar-refractivity contribution in [3.8, 4) is 5.75 Å². The molecule has 0 unspecified atom stereocenters. The van der Waals surface area contributed by atoms with Crippen molar-refractivity contribution in [1.29, 1.82) is 0 Å². The molecule has 0 atom stereocenters. The number of phenols is 1. The van der Waals surface area contributed by atoms with Gasteiger partial charge < -0.3 is 10.8 Å². The molecule has 0 spiro atoms. The van der Waals surface area contributed by atoms with Crippen molar-refractivity contribution in [1.82, 2.24) is 0 Å². The molecule has 0 aliphatic heterocycles. The summed E-state index contributed by atoms with van der Waals surface area (Å²) in [6.45, 7) is 1.57. The molecule has 0 radical (unpaired) electrons. The predicted octanol–water partition coefficient (Wildman–Crippen LogP) is 1.18. The number of fused-ring (bicyclic) bond motifs is 1. The van der Waals surface area contributed by atoms with E-state index < -0.39 is 35.8 Å². The van der Waals surface area contributed by atoms with Crippen LogP contribution in [0.15, 0.2) is 28.0 Å². The van der Waals surface area contributed by atoms with E-state index in [9.17, 15) is 26.5 Å². The van der Waals surface area contributed by atoms with E-state index in [4.69, 9.17) is 10.3 Å². The van der Waals surface area contributed by atoms with Gasteiger partial charge in [0.15, 0.2) is 0 Å². The van der Waals surface area contributed by atoms with Crippen LogP contribution in [-0.2, 0) is 26.7 Å². The quantitative estimate of drug-likeness (QED) is 0.476. The van der Waals surface area contributed by atoms with Crippen LogP contribution in [0.5, 0.6) is 5.75 Å². The number of nitrogen functional groups attached to an aromatic ring is 1. The maximum atomic E-state index is 11.4. The van der Waals surface area contributed by atoms with E-state index in [1.165, 1.54) is 0 Å². The van der Waals surface area contributed by atoms with Crippen LogP contribution in [0.25, 0.3) is 10.8 Å². The summed E-state index contributed by atoms with van der Waals surface area (Å²) in [5, 5.41) is 10.2. The Balaban J connectivity index is 3.04. The van der Waals surface area contributed by atoms with Crippen LogP contribution >= 0.6 is 0 Å². The average Bonchev–Trinajstić information content (AvgIpc) is 2.35. The highest BCUT2D eigenvalue weighted by molar-refractivity contribution is 7.86. The van der Waals surface area contributed by atoms with Gasteiger partial charge in [0, 0.05) is 16.6 Å². The van der Waals surface area contributed by atoms with Crippen LogP contribution in [0.2, 0.25) is 0 Å². The van der Waals surface area contributed by atoms with Crippen LogP contribution < -0.4 is 5.73 Å². The molecule has 0 saturated carbocycles. The number of hydrogen-bond acceptors (Lipinski definition) is 6. The third kappa shape index (κ3) is 2.73. The lowest BCUT2D eigenvalue weighted by Gasteiger charge is -2.13. The number of benzene rings is 2. The first-order chi connectivity index (χ1) is 9.96. The standard InChI is InChI=1S/C12H13NO7S2/c1-2-8-10(22(18,19)20)4-6-3-7(21(15,16)17)5-9(13)11(6)12(8)14/h3-5,14H,2,13H2,1H3,(H,15,16,17)(H,18,19,20). The number of rotatable bonds is 3. The fourth-order valence-electron chi connectivity index (χ4n) is 2.26. The van der Waals surface area contributed by atoms with E-state index in [0.29, 0.717) is 0 Å². The van der Waals surface area contributed by atoms with E-state index in [2.05, 4.69) is 0 Å². The zero-order valence-electron chi connectivity index (χ0n) is 11.3. The van der Waals surface area contributed by atoms with Crippen molar-refractivity contribution >= 4 is 36.7 Å². The average molecular weight is 347 g/mol. The number of phenolic OH excluding ortho intramolecular Hbond substituents is 1. The van der Waals surface area contributed by atoms with E-state index >= 15 is 0 Å². The van der Waals surface area contributed by atoms with Gasteiger partial charge >= 0.3 is 0 Å². The molecule has 0 heterocycles. The normalized spacial score (nSPS) is 12.7. The summed E-state index contributed by atoms with van der Waals surface area (Å²) in [4.78, 5) is -1.10. The van der Waals surface area contributed by atoms with Gasteiger partial charge in [-0.15, -0.1) is 0 Å². The highest BCUT2D eigenvalue weighted by atomic mass is 32.2. The molecule has 22 heavy (non-hydrogen) atoms. The van der Waals surface area contributed by atoms with Gasteiger partial charge in [0.25, 0.3) is 20.2 Å². The first-order valence-corrected chi connectivity index (χ1v) is 8.88. The van der Waals surface area contributed by atoms with Crippen LogP contribution in [0.3, 0.4) is 0 Å². The molecule has 5 N–H and O–H groups in total. The zero-order valence-corrected chi connectivity index (χ0v) is 12.9. The van der Waals surface area contributed by atoms with Crippen molar-refractivity contribution in [3.05, 3.63) is 23.8 Å². The van der Waals surface area contributed by atoms with Crippen molar-refractivity contribution < 1.29 is 31.0 Å². The van der Waals surface area contributed by atoms with Gasteiger partial charge in [-0.25, -0.2) is 0 Å². The Hall–Kier alpha value is -1.88. The van der Waals surface area contributed by atoms with E-state index in [-0.39, 0.29) is 28.4 Å². The molecule has 0 aliphatic carbocycles. The third-order valence-electron chi connectivity index (χ3n) is 3.21. The lowest BCUT2D eigenvalue weighted by Crippen LogP contribution is -2.05. The molecule has 0 aromatic heterocycles.